The highest BCUT2D eigenvalue weighted by Gasteiger charge is 2.49. The summed E-state index contributed by atoms with van der Waals surface area (Å²) in [6, 6.07) is 0.318. The summed E-state index contributed by atoms with van der Waals surface area (Å²) in [5.74, 6) is 0.157. The Bertz CT molecular complexity index is 245. The van der Waals surface area contributed by atoms with E-state index < -0.39 is 0 Å². The first-order chi connectivity index (χ1) is 7.20. The molecule has 2 fully saturated rings. The maximum Gasteiger partial charge on any atom is 0.227 e. The smallest absolute Gasteiger partial charge is 0.227 e. The molecule has 86 valence electrons. The summed E-state index contributed by atoms with van der Waals surface area (Å²) < 4.78 is 5.44. The van der Waals surface area contributed by atoms with E-state index in [1.54, 1.807) is 0 Å². The van der Waals surface area contributed by atoms with E-state index in [0.717, 1.165) is 32.3 Å². The maximum absolute atomic E-state index is 11.8. The molecule has 0 bridgehead atoms. The Labute approximate surface area is 90.5 Å². The third-order valence-corrected chi connectivity index (χ3v) is 3.56. The average Bonchev–Trinajstić information content (AvgIpc) is 2.95. The molecule has 0 aromatic carbocycles. The van der Waals surface area contributed by atoms with Gasteiger partial charge in [0, 0.05) is 19.2 Å². The Hall–Kier alpha value is -0.610. The van der Waals surface area contributed by atoms with E-state index in [9.17, 15) is 4.79 Å². The van der Waals surface area contributed by atoms with E-state index in [0.29, 0.717) is 18.7 Å². The van der Waals surface area contributed by atoms with Gasteiger partial charge in [0.2, 0.25) is 5.91 Å². The standard InChI is InChI=1S/C11H20N2O2/c1-2-15-9-5-8(6-9)13-10(14)11(7-12)3-4-11/h8-9H,2-7,12H2,1H3,(H,13,14). The minimum absolute atomic E-state index is 0.157. The summed E-state index contributed by atoms with van der Waals surface area (Å²) in [6.07, 6.45) is 4.18. The molecule has 0 aliphatic heterocycles. The van der Waals surface area contributed by atoms with Crippen LogP contribution in [0.1, 0.15) is 32.6 Å². The van der Waals surface area contributed by atoms with Crippen LogP contribution in [-0.2, 0) is 9.53 Å². The molecule has 2 aliphatic rings. The second kappa shape index (κ2) is 4.10. The molecule has 2 aliphatic carbocycles. The number of hydrogen-bond donors (Lipinski definition) is 2. The fraction of sp³-hybridized carbons (Fsp3) is 0.909. The van der Waals surface area contributed by atoms with Gasteiger partial charge in [0.25, 0.3) is 0 Å². The molecule has 0 saturated heterocycles. The fourth-order valence-corrected chi connectivity index (χ4v) is 2.07. The van der Waals surface area contributed by atoms with Gasteiger partial charge in [0.15, 0.2) is 0 Å². The average molecular weight is 212 g/mol. The molecule has 2 rings (SSSR count). The normalized spacial score (nSPS) is 31.9. The topological polar surface area (TPSA) is 64.3 Å². The predicted octanol–water partition coefficient (Wildman–Crippen LogP) is 0.409. The predicted molar refractivity (Wildman–Crippen MR) is 57.3 cm³/mol. The van der Waals surface area contributed by atoms with Crippen LogP contribution in [0.25, 0.3) is 0 Å². The molecule has 0 spiro atoms. The van der Waals surface area contributed by atoms with Gasteiger partial charge in [-0.2, -0.15) is 0 Å². The van der Waals surface area contributed by atoms with Crippen LogP contribution in [0, 0.1) is 5.41 Å². The summed E-state index contributed by atoms with van der Waals surface area (Å²) in [5.41, 5.74) is 5.38. The van der Waals surface area contributed by atoms with Crippen molar-refractivity contribution in [3.63, 3.8) is 0 Å². The number of nitrogens with two attached hydrogens (primary N) is 1. The van der Waals surface area contributed by atoms with Gasteiger partial charge in [0.05, 0.1) is 11.5 Å². The van der Waals surface area contributed by atoms with Crippen molar-refractivity contribution in [1.82, 2.24) is 5.32 Å². The molecule has 0 heterocycles. The lowest BCUT2D eigenvalue weighted by molar-refractivity contribution is -0.128. The van der Waals surface area contributed by atoms with Gasteiger partial charge >= 0.3 is 0 Å². The zero-order valence-corrected chi connectivity index (χ0v) is 9.29. The van der Waals surface area contributed by atoms with E-state index >= 15 is 0 Å². The van der Waals surface area contributed by atoms with Crippen LogP contribution < -0.4 is 11.1 Å². The van der Waals surface area contributed by atoms with Crippen LogP contribution in [0.3, 0.4) is 0 Å². The molecule has 0 unspecified atom stereocenters. The zero-order chi connectivity index (χ0) is 10.9. The third kappa shape index (κ3) is 2.16. The third-order valence-electron chi connectivity index (χ3n) is 3.56. The van der Waals surface area contributed by atoms with Crippen molar-refractivity contribution in [1.29, 1.82) is 0 Å². The maximum atomic E-state index is 11.8. The van der Waals surface area contributed by atoms with Crippen LogP contribution in [0.4, 0.5) is 0 Å². The van der Waals surface area contributed by atoms with Gasteiger partial charge in [-0.3, -0.25) is 4.79 Å². The highest BCUT2D eigenvalue weighted by Crippen LogP contribution is 2.45. The number of rotatable bonds is 5. The van der Waals surface area contributed by atoms with Gasteiger partial charge in [-0.15, -0.1) is 0 Å². The number of hydrogen-bond acceptors (Lipinski definition) is 3. The van der Waals surface area contributed by atoms with Crippen LogP contribution in [-0.4, -0.2) is 31.2 Å². The Morgan fingerprint density at radius 1 is 1.53 bits per heavy atom. The Balaban J connectivity index is 1.69. The first-order valence-corrected chi connectivity index (χ1v) is 5.83. The number of nitrogens with one attached hydrogen (secondary N) is 1. The van der Waals surface area contributed by atoms with Crippen LogP contribution in [0.2, 0.25) is 0 Å². The minimum atomic E-state index is -0.212. The molecule has 0 aromatic rings. The van der Waals surface area contributed by atoms with Crippen molar-refractivity contribution < 1.29 is 9.53 Å². The summed E-state index contributed by atoms with van der Waals surface area (Å²) in [7, 11) is 0. The summed E-state index contributed by atoms with van der Waals surface area (Å²) in [6.45, 7) is 3.25. The van der Waals surface area contributed by atoms with Crippen LogP contribution in [0.15, 0.2) is 0 Å². The lowest BCUT2D eigenvalue weighted by Gasteiger charge is -2.36. The molecule has 4 heteroatoms. The summed E-state index contributed by atoms with van der Waals surface area (Å²) in [5, 5.41) is 3.06. The molecule has 3 N–H and O–H groups in total. The van der Waals surface area contributed by atoms with Crippen LogP contribution in [0.5, 0.6) is 0 Å². The highest BCUT2D eigenvalue weighted by molar-refractivity contribution is 5.85. The van der Waals surface area contributed by atoms with Gasteiger partial charge in [-0.1, -0.05) is 0 Å². The zero-order valence-electron chi connectivity index (χ0n) is 9.29. The lowest BCUT2D eigenvalue weighted by Crippen LogP contribution is -2.50. The van der Waals surface area contributed by atoms with E-state index in [-0.39, 0.29) is 11.3 Å². The van der Waals surface area contributed by atoms with Crippen molar-refractivity contribution in [2.75, 3.05) is 13.2 Å². The molecule has 0 atom stereocenters. The van der Waals surface area contributed by atoms with Gasteiger partial charge < -0.3 is 15.8 Å². The number of carbonyl (C=O) groups excluding carboxylic acids is 1. The molecule has 2 saturated carbocycles. The van der Waals surface area contributed by atoms with Crippen LogP contribution >= 0.6 is 0 Å². The quantitative estimate of drug-likeness (QED) is 0.693. The minimum Gasteiger partial charge on any atom is -0.378 e. The van der Waals surface area contributed by atoms with Gasteiger partial charge in [0.1, 0.15) is 0 Å². The van der Waals surface area contributed by atoms with E-state index in [2.05, 4.69) is 5.32 Å². The first-order valence-electron chi connectivity index (χ1n) is 5.83. The molecular weight excluding hydrogens is 192 g/mol. The second-order valence-electron chi connectivity index (χ2n) is 4.70. The van der Waals surface area contributed by atoms with Gasteiger partial charge in [-0.25, -0.2) is 0 Å². The molecule has 4 nitrogen and oxygen atoms in total. The number of amides is 1. The van der Waals surface area contributed by atoms with E-state index in [1.165, 1.54) is 0 Å². The number of carbonyl (C=O) groups is 1. The molecule has 0 radical (unpaired) electrons. The highest BCUT2D eigenvalue weighted by atomic mass is 16.5. The molecule has 1 amide bonds. The number of ether oxygens (including phenoxy) is 1. The van der Waals surface area contributed by atoms with E-state index in [1.807, 2.05) is 6.92 Å². The molecule has 0 aromatic heterocycles. The van der Waals surface area contributed by atoms with Crippen molar-refractivity contribution in [2.24, 2.45) is 11.1 Å². The summed E-state index contributed by atoms with van der Waals surface area (Å²) in [4.78, 5) is 11.8. The molecular formula is C11H20N2O2. The Morgan fingerprint density at radius 3 is 2.67 bits per heavy atom. The Morgan fingerprint density at radius 2 is 2.20 bits per heavy atom. The summed E-state index contributed by atoms with van der Waals surface area (Å²) >= 11 is 0. The second-order valence-corrected chi connectivity index (χ2v) is 4.70. The first kappa shape index (κ1) is 10.9. The molecule has 15 heavy (non-hydrogen) atoms. The fourth-order valence-electron chi connectivity index (χ4n) is 2.07. The van der Waals surface area contributed by atoms with E-state index in [4.69, 9.17) is 10.5 Å². The lowest BCUT2D eigenvalue weighted by atomic mass is 9.88. The monoisotopic (exact) mass is 212 g/mol. The van der Waals surface area contributed by atoms with Crippen molar-refractivity contribution in [3.8, 4) is 0 Å². The van der Waals surface area contributed by atoms with Crippen molar-refractivity contribution >= 4 is 5.91 Å². The van der Waals surface area contributed by atoms with Crippen molar-refractivity contribution in [2.45, 2.75) is 44.8 Å². The van der Waals surface area contributed by atoms with Gasteiger partial charge in [-0.05, 0) is 32.6 Å². The van der Waals surface area contributed by atoms with Crippen molar-refractivity contribution in [3.05, 3.63) is 0 Å². The SMILES string of the molecule is CCOC1CC(NC(=O)C2(CN)CC2)C1. The Kier molecular flexibility index (Phi) is 2.98. The largest absolute Gasteiger partial charge is 0.378 e.